The lowest BCUT2D eigenvalue weighted by Crippen LogP contribution is -2.45. The smallest absolute Gasteiger partial charge is 0.406 e. The number of ether oxygens (including phenoxy) is 1. The maximum absolute atomic E-state index is 13.2. The first kappa shape index (κ1) is 25.1. The summed E-state index contributed by atoms with van der Waals surface area (Å²) in [6, 6.07) is 7.50. The minimum absolute atomic E-state index is 0.0357. The van der Waals surface area contributed by atoms with Crippen LogP contribution in [0.2, 0.25) is 0 Å². The van der Waals surface area contributed by atoms with E-state index in [4.69, 9.17) is 0 Å². The molecule has 196 valence electrons. The largest absolute Gasteiger partial charge is 0.573 e. The Balaban J connectivity index is 1.22. The lowest BCUT2D eigenvalue weighted by molar-refractivity contribution is -0.274. The SMILES string of the molecule is O=C(Nc1nnc(NC2CCN(c3ccc(F)nn3)C2)s1)C(c1cccc(OC(F)(F)F)c1)N1CCC1. The molecule has 15 heteroatoms. The van der Waals surface area contributed by atoms with Gasteiger partial charge in [-0.3, -0.25) is 15.0 Å². The van der Waals surface area contributed by atoms with Crippen molar-refractivity contribution in [1.29, 1.82) is 0 Å². The molecule has 2 fully saturated rings. The highest BCUT2D eigenvalue weighted by Crippen LogP contribution is 2.32. The summed E-state index contributed by atoms with van der Waals surface area (Å²) in [5.74, 6) is -0.867. The molecule has 0 bridgehead atoms. The van der Waals surface area contributed by atoms with Crippen LogP contribution in [0.1, 0.15) is 24.4 Å². The first-order valence-corrected chi connectivity index (χ1v) is 12.3. The van der Waals surface area contributed by atoms with Crippen molar-refractivity contribution in [2.24, 2.45) is 0 Å². The molecule has 4 heterocycles. The maximum atomic E-state index is 13.2. The minimum Gasteiger partial charge on any atom is -0.406 e. The number of rotatable bonds is 8. The summed E-state index contributed by atoms with van der Waals surface area (Å²) < 4.78 is 55.1. The zero-order valence-corrected chi connectivity index (χ0v) is 20.1. The summed E-state index contributed by atoms with van der Waals surface area (Å²) in [6.45, 7) is 2.59. The number of likely N-dealkylation sites (tertiary alicyclic amines) is 1. The Labute approximate surface area is 212 Å². The first-order valence-electron chi connectivity index (χ1n) is 11.5. The topological polar surface area (TPSA) is 108 Å². The Bertz CT molecular complexity index is 1240. The number of hydrogen-bond acceptors (Lipinski definition) is 10. The van der Waals surface area contributed by atoms with Crippen LogP contribution in [0.25, 0.3) is 0 Å². The highest BCUT2D eigenvalue weighted by molar-refractivity contribution is 7.19. The zero-order chi connectivity index (χ0) is 26.0. The molecule has 0 aliphatic carbocycles. The van der Waals surface area contributed by atoms with Gasteiger partial charge in [0.15, 0.2) is 5.82 Å². The van der Waals surface area contributed by atoms with Crippen molar-refractivity contribution in [3.8, 4) is 5.75 Å². The van der Waals surface area contributed by atoms with Crippen LogP contribution in [-0.4, -0.2) is 69.8 Å². The molecule has 0 radical (unpaired) electrons. The van der Waals surface area contributed by atoms with Gasteiger partial charge in [0.05, 0.1) is 0 Å². The Morgan fingerprint density at radius 3 is 2.59 bits per heavy atom. The van der Waals surface area contributed by atoms with Crippen molar-refractivity contribution in [1.82, 2.24) is 25.3 Å². The predicted octanol–water partition coefficient (Wildman–Crippen LogP) is 3.44. The molecule has 2 N–H and O–H groups in total. The number of carbonyl (C=O) groups excluding carboxylic acids is 1. The van der Waals surface area contributed by atoms with E-state index >= 15 is 0 Å². The Morgan fingerprint density at radius 1 is 1.08 bits per heavy atom. The number of halogens is 4. The Kier molecular flexibility index (Phi) is 7.06. The van der Waals surface area contributed by atoms with Gasteiger partial charge >= 0.3 is 6.36 Å². The Morgan fingerprint density at radius 2 is 1.89 bits per heavy atom. The number of carbonyl (C=O) groups is 1. The van der Waals surface area contributed by atoms with Crippen molar-refractivity contribution >= 4 is 33.3 Å². The van der Waals surface area contributed by atoms with Crippen molar-refractivity contribution in [2.75, 3.05) is 41.7 Å². The third kappa shape index (κ3) is 6.22. The summed E-state index contributed by atoms with van der Waals surface area (Å²) >= 11 is 1.15. The van der Waals surface area contributed by atoms with Crippen molar-refractivity contribution < 1.29 is 27.1 Å². The fourth-order valence-electron chi connectivity index (χ4n) is 4.25. The summed E-state index contributed by atoms with van der Waals surface area (Å²) in [7, 11) is 0. The van der Waals surface area contributed by atoms with Gasteiger partial charge in [0.2, 0.25) is 22.1 Å². The molecule has 2 aliphatic rings. The van der Waals surface area contributed by atoms with Gasteiger partial charge in [0.1, 0.15) is 11.8 Å². The standard InChI is InChI=1S/C22H22F4N8O2S/c23-16-5-6-17(30-29-16)34-10-7-14(12-34)27-20-31-32-21(37-20)28-19(35)18(33-8-2-9-33)13-3-1-4-15(11-13)36-22(24,25)26/h1,3-6,11,14,18H,2,7-10,12H2,(H,27,31)(H,28,32,35). The molecule has 0 spiro atoms. The van der Waals surface area contributed by atoms with Crippen LogP contribution < -0.4 is 20.3 Å². The van der Waals surface area contributed by atoms with Crippen LogP contribution in [0.5, 0.6) is 5.75 Å². The van der Waals surface area contributed by atoms with Gasteiger partial charge in [0.25, 0.3) is 0 Å². The number of nitrogens with one attached hydrogen (secondary N) is 2. The van der Waals surface area contributed by atoms with Crippen LogP contribution in [0, 0.1) is 5.95 Å². The summed E-state index contributed by atoms with van der Waals surface area (Å²) in [5.41, 5.74) is 0.386. The van der Waals surface area contributed by atoms with E-state index in [1.807, 2.05) is 9.80 Å². The molecule has 2 aliphatic heterocycles. The van der Waals surface area contributed by atoms with Gasteiger partial charge in [-0.15, -0.1) is 33.6 Å². The van der Waals surface area contributed by atoms with Crippen LogP contribution in [-0.2, 0) is 4.79 Å². The number of amides is 1. The molecule has 1 aromatic carbocycles. The summed E-state index contributed by atoms with van der Waals surface area (Å²) in [4.78, 5) is 17.0. The number of anilines is 3. The second-order valence-corrected chi connectivity index (χ2v) is 9.58. The van der Waals surface area contributed by atoms with E-state index in [0.29, 0.717) is 42.7 Å². The number of hydrogen-bond donors (Lipinski definition) is 2. The fraction of sp³-hybridized carbons (Fsp3) is 0.409. The quantitative estimate of drug-likeness (QED) is 0.417. The summed E-state index contributed by atoms with van der Waals surface area (Å²) in [6.07, 6.45) is -3.16. The molecule has 2 saturated heterocycles. The monoisotopic (exact) mass is 538 g/mol. The van der Waals surface area contributed by atoms with Crippen LogP contribution >= 0.6 is 11.3 Å². The zero-order valence-electron chi connectivity index (χ0n) is 19.3. The molecule has 3 aromatic rings. The lowest BCUT2D eigenvalue weighted by atomic mass is 10.0. The molecular weight excluding hydrogens is 516 g/mol. The molecule has 2 aromatic heterocycles. The third-order valence-corrected chi connectivity index (χ3v) is 6.79. The van der Waals surface area contributed by atoms with E-state index in [-0.39, 0.29) is 16.9 Å². The lowest BCUT2D eigenvalue weighted by Gasteiger charge is -2.37. The van der Waals surface area contributed by atoms with Gasteiger partial charge in [-0.05, 0) is 42.7 Å². The van der Waals surface area contributed by atoms with E-state index < -0.39 is 24.3 Å². The van der Waals surface area contributed by atoms with Gasteiger partial charge in [-0.25, -0.2) is 0 Å². The van der Waals surface area contributed by atoms with Gasteiger partial charge < -0.3 is 15.0 Å². The minimum atomic E-state index is -4.83. The molecule has 5 rings (SSSR count). The van der Waals surface area contributed by atoms with E-state index in [0.717, 1.165) is 24.2 Å². The van der Waals surface area contributed by atoms with E-state index in [2.05, 4.69) is 35.8 Å². The maximum Gasteiger partial charge on any atom is 0.573 e. The second-order valence-electron chi connectivity index (χ2n) is 8.60. The number of alkyl halides is 3. The van der Waals surface area contributed by atoms with Crippen molar-refractivity contribution in [2.45, 2.75) is 31.3 Å². The van der Waals surface area contributed by atoms with Crippen LogP contribution in [0.15, 0.2) is 36.4 Å². The molecule has 1 amide bonds. The van der Waals surface area contributed by atoms with E-state index in [1.165, 1.54) is 24.3 Å². The van der Waals surface area contributed by atoms with Crippen molar-refractivity contribution in [3.63, 3.8) is 0 Å². The molecule has 10 nitrogen and oxygen atoms in total. The molecular formula is C22H22F4N8O2S. The number of aromatic nitrogens is 4. The van der Waals surface area contributed by atoms with E-state index in [1.54, 1.807) is 12.1 Å². The van der Waals surface area contributed by atoms with Gasteiger partial charge in [0, 0.05) is 32.2 Å². The first-order chi connectivity index (χ1) is 17.7. The van der Waals surface area contributed by atoms with Crippen LogP contribution in [0.3, 0.4) is 0 Å². The van der Waals surface area contributed by atoms with Gasteiger partial charge in [-0.2, -0.15) is 4.39 Å². The van der Waals surface area contributed by atoms with Gasteiger partial charge in [-0.1, -0.05) is 23.5 Å². The average molecular weight is 539 g/mol. The normalized spacial score (nSPS) is 18.8. The molecule has 2 atom stereocenters. The molecule has 2 unspecified atom stereocenters. The highest BCUT2D eigenvalue weighted by Gasteiger charge is 2.34. The predicted molar refractivity (Wildman–Crippen MR) is 127 cm³/mol. The number of benzene rings is 1. The van der Waals surface area contributed by atoms with E-state index in [9.17, 15) is 22.4 Å². The Hall–Kier alpha value is -3.59. The fourth-order valence-corrected chi connectivity index (χ4v) is 4.98. The molecule has 0 saturated carbocycles. The highest BCUT2D eigenvalue weighted by atomic mass is 32.1. The average Bonchev–Trinajstić information content (AvgIpc) is 3.45. The number of nitrogens with zero attached hydrogens (tertiary/aromatic N) is 6. The summed E-state index contributed by atoms with van der Waals surface area (Å²) in [5, 5.41) is 22.2. The third-order valence-electron chi connectivity index (χ3n) is 6.02. The molecule has 37 heavy (non-hydrogen) atoms. The van der Waals surface area contributed by atoms with Crippen molar-refractivity contribution in [3.05, 3.63) is 47.9 Å². The second kappa shape index (κ2) is 10.4. The van der Waals surface area contributed by atoms with Crippen LogP contribution in [0.4, 0.5) is 33.6 Å².